The lowest BCUT2D eigenvalue weighted by molar-refractivity contribution is -0.121. The third kappa shape index (κ3) is 3.94. The Morgan fingerprint density at radius 1 is 1.37 bits per heavy atom. The summed E-state index contributed by atoms with van der Waals surface area (Å²) in [6.45, 7) is 1.25. The molecule has 6 heteroatoms. The number of hydrogen-bond acceptors (Lipinski definition) is 3. The quantitative estimate of drug-likeness (QED) is 0.862. The number of nitrogens with one attached hydrogen (secondary N) is 1. The Balaban J connectivity index is 1.69. The van der Waals surface area contributed by atoms with Gasteiger partial charge in [0.2, 0.25) is 5.91 Å². The minimum Gasteiger partial charge on any atom is -0.448 e. The Morgan fingerprint density at radius 3 is 2.74 bits per heavy atom. The van der Waals surface area contributed by atoms with Crippen molar-refractivity contribution in [2.75, 3.05) is 26.2 Å². The number of rotatable bonds is 5. The summed E-state index contributed by atoms with van der Waals surface area (Å²) in [5.74, 6) is -0.499. The maximum atomic E-state index is 12.7. The van der Waals surface area contributed by atoms with Crippen LogP contribution in [0.5, 0.6) is 0 Å². The molecule has 1 aliphatic rings. The molecular formula is C13H15FN2O3. The van der Waals surface area contributed by atoms with Gasteiger partial charge in [-0.05, 0) is 24.1 Å². The first kappa shape index (κ1) is 13.3. The van der Waals surface area contributed by atoms with Gasteiger partial charge in [-0.15, -0.1) is 0 Å². The van der Waals surface area contributed by atoms with E-state index in [0.717, 1.165) is 5.56 Å². The summed E-state index contributed by atoms with van der Waals surface area (Å²) in [5.41, 5.74) is 0.947. The Morgan fingerprint density at radius 2 is 2.11 bits per heavy atom. The molecular weight excluding hydrogens is 251 g/mol. The van der Waals surface area contributed by atoms with Crippen molar-refractivity contribution in [3.8, 4) is 0 Å². The molecule has 1 N–H and O–H groups in total. The first-order chi connectivity index (χ1) is 9.15. The first-order valence-electron chi connectivity index (χ1n) is 6.08. The highest BCUT2D eigenvalue weighted by Crippen LogP contribution is 2.03. The van der Waals surface area contributed by atoms with Crippen LogP contribution in [0, 0.1) is 5.82 Å². The highest BCUT2D eigenvalue weighted by Gasteiger charge is 2.23. The molecule has 0 radical (unpaired) electrons. The summed E-state index contributed by atoms with van der Waals surface area (Å²) in [6, 6.07) is 6.13. The van der Waals surface area contributed by atoms with Gasteiger partial charge in [0.1, 0.15) is 19.0 Å². The fraction of sp³-hybridized carbons (Fsp3) is 0.385. The number of halogens is 1. The summed E-state index contributed by atoms with van der Waals surface area (Å²) in [5, 5.41) is 2.71. The van der Waals surface area contributed by atoms with Crippen LogP contribution in [-0.4, -0.2) is 43.1 Å². The molecule has 1 heterocycles. The van der Waals surface area contributed by atoms with Crippen LogP contribution in [0.3, 0.4) is 0 Å². The Bertz CT molecular complexity index is 461. The van der Waals surface area contributed by atoms with Crippen LogP contribution in [-0.2, 0) is 16.0 Å². The van der Waals surface area contributed by atoms with Crippen LogP contribution in [0.1, 0.15) is 5.56 Å². The molecule has 5 nitrogen and oxygen atoms in total. The van der Waals surface area contributed by atoms with Gasteiger partial charge >= 0.3 is 6.09 Å². The highest BCUT2D eigenvalue weighted by atomic mass is 19.1. The van der Waals surface area contributed by atoms with E-state index in [0.29, 0.717) is 26.1 Å². The average Bonchev–Trinajstić information content (AvgIpc) is 2.78. The second-order valence-electron chi connectivity index (χ2n) is 4.26. The molecule has 0 aliphatic carbocycles. The molecule has 1 saturated heterocycles. The lowest BCUT2D eigenvalue weighted by Crippen LogP contribution is -2.38. The maximum Gasteiger partial charge on any atom is 0.410 e. The Labute approximate surface area is 110 Å². The lowest BCUT2D eigenvalue weighted by atomic mass is 10.1. The zero-order chi connectivity index (χ0) is 13.7. The minimum atomic E-state index is -0.450. The average molecular weight is 266 g/mol. The monoisotopic (exact) mass is 266 g/mol. The van der Waals surface area contributed by atoms with E-state index in [9.17, 15) is 14.0 Å². The van der Waals surface area contributed by atoms with Crippen molar-refractivity contribution < 1.29 is 18.7 Å². The van der Waals surface area contributed by atoms with E-state index in [-0.39, 0.29) is 18.3 Å². The van der Waals surface area contributed by atoms with Gasteiger partial charge in [-0.25, -0.2) is 9.18 Å². The standard InChI is InChI=1S/C13H15FN2O3/c14-11-3-1-10(2-4-11)5-6-15-12(17)9-16-7-8-19-13(16)18/h1-4H,5-9H2,(H,15,17). The van der Waals surface area contributed by atoms with Crippen molar-refractivity contribution in [2.45, 2.75) is 6.42 Å². The molecule has 1 aliphatic heterocycles. The van der Waals surface area contributed by atoms with Crippen LogP contribution in [0.4, 0.5) is 9.18 Å². The largest absolute Gasteiger partial charge is 0.448 e. The summed E-state index contributed by atoms with van der Waals surface area (Å²) < 4.78 is 17.4. The second-order valence-corrected chi connectivity index (χ2v) is 4.26. The van der Waals surface area contributed by atoms with E-state index in [2.05, 4.69) is 5.32 Å². The predicted molar refractivity (Wildman–Crippen MR) is 66.0 cm³/mol. The molecule has 0 saturated carbocycles. The van der Waals surface area contributed by atoms with Crippen LogP contribution in [0.2, 0.25) is 0 Å². The predicted octanol–water partition coefficient (Wildman–Crippen LogP) is 0.937. The van der Waals surface area contributed by atoms with Crippen molar-refractivity contribution >= 4 is 12.0 Å². The molecule has 0 unspecified atom stereocenters. The van der Waals surface area contributed by atoms with Gasteiger partial charge in [0.25, 0.3) is 0 Å². The van der Waals surface area contributed by atoms with E-state index in [4.69, 9.17) is 4.74 Å². The van der Waals surface area contributed by atoms with E-state index >= 15 is 0 Å². The highest BCUT2D eigenvalue weighted by molar-refractivity contribution is 5.82. The van der Waals surface area contributed by atoms with E-state index < -0.39 is 6.09 Å². The van der Waals surface area contributed by atoms with E-state index in [1.54, 1.807) is 12.1 Å². The third-order valence-corrected chi connectivity index (χ3v) is 2.83. The number of hydrogen-bond donors (Lipinski definition) is 1. The summed E-state index contributed by atoms with van der Waals surface area (Å²) in [4.78, 5) is 24.0. The molecule has 0 aromatic heterocycles. The van der Waals surface area contributed by atoms with E-state index in [1.807, 2.05) is 0 Å². The minimum absolute atomic E-state index is 0.0161. The number of carbonyl (C=O) groups is 2. The lowest BCUT2D eigenvalue weighted by Gasteiger charge is -2.12. The van der Waals surface area contributed by atoms with Gasteiger partial charge in [-0.3, -0.25) is 9.69 Å². The molecule has 2 amide bonds. The molecule has 0 atom stereocenters. The zero-order valence-electron chi connectivity index (χ0n) is 10.4. The Kier molecular flexibility index (Phi) is 4.33. The molecule has 1 aromatic carbocycles. The summed E-state index contributed by atoms with van der Waals surface area (Å²) in [7, 11) is 0. The van der Waals surface area contributed by atoms with Gasteiger partial charge in [0.05, 0.1) is 6.54 Å². The SMILES string of the molecule is O=C(CN1CCOC1=O)NCCc1ccc(F)cc1. The third-order valence-electron chi connectivity index (χ3n) is 2.83. The molecule has 2 rings (SSSR count). The zero-order valence-corrected chi connectivity index (χ0v) is 10.4. The number of cyclic esters (lactones) is 1. The van der Waals surface area contributed by atoms with Gasteiger partial charge in [0, 0.05) is 6.54 Å². The van der Waals surface area contributed by atoms with Crippen LogP contribution < -0.4 is 5.32 Å². The number of amides is 2. The molecule has 19 heavy (non-hydrogen) atoms. The fourth-order valence-corrected chi connectivity index (χ4v) is 1.80. The fourth-order valence-electron chi connectivity index (χ4n) is 1.80. The number of carbonyl (C=O) groups excluding carboxylic acids is 2. The molecule has 1 aromatic rings. The van der Waals surface area contributed by atoms with Crippen molar-refractivity contribution in [2.24, 2.45) is 0 Å². The summed E-state index contributed by atoms with van der Waals surface area (Å²) in [6.07, 6.45) is 0.171. The topological polar surface area (TPSA) is 58.6 Å². The van der Waals surface area contributed by atoms with Crippen LogP contribution in [0.25, 0.3) is 0 Å². The van der Waals surface area contributed by atoms with Crippen LogP contribution in [0.15, 0.2) is 24.3 Å². The van der Waals surface area contributed by atoms with Crippen LogP contribution >= 0.6 is 0 Å². The normalized spacial score (nSPS) is 14.4. The first-order valence-corrected chi connectivity index (χ1v) is 6.08. The van der Waals surface area contributed by atoms with Gasteiger partial charge in [-0.2, -0.15) is 0 Å². The number of benzene rings is 1. The van der Waals surface area contributed by atoms with E-state index in [1.165, 1.54) is 17.0 Å². The van der Waals surface area contributed by atoms with Gasteiger partial charge in [0.15, 0.2) is 0 Å². The molecule has 0 bridgehead atoms. The van der Waals surface area contributed by atoms with Crippen molar-refractivity contribution in [1.29, 1.82) is 0 Å². The van der Waals surface area contributed by atoms with Crippen molar-refractivity contribution in [3.05, 3.63) is 35.6 Å². The second kappa shape index (κ2) is 6.17. The number of nitrogens with zero attached hydrogens (tertiary/aromatic N) is 1. The van der Waals surface area contributed by atoms with Crippen molar-refractivity contribution in [1.82, 2.24) is 10.2 Å². The number of ether oxygens (including phenoxy) is 1. The molecule has 0 spiro atoms. The summed E-state index contributed by atoms with van der Waals surface area (Å²) >= 11 is 0. The molecule has 102 valence electrons. The van der Waals surface area contributed by atoms with Gasteiger partial charge < -0.3 is 10.1 Å². The maximum absolute atomic E-state index is 12.7. The Hall–Kier alpha value is -2.11. The smallest absolute Gasteiger partial charge is 0.410 e. The van der Waals surface area contributed by atoms with Gasteiger partial charge in [-0.1, -0.05) is 12.1 Å². The van der Waals surface area contributed by atoms with Crippen molar-refractivity contribution in [3.63, 3.8) is 0 Å². The molecule has 1 fully saturated rings.